The first-order chi connectivity index (χ1) is 11.4. The van der Waals surface area contributed by atoms with Gasteiger partial charge in [-0.1, -0.05) is 23.5 Å². The van der Waals surface area contributed by atoms with Gasteiger partial charge in [0.15, 0.2) is 5.13 Å². The maximum atomic E-state index is 5.41. The fraction of sp³-hybridized carbons (Fsp3) is 0.471. The Labute approximate surface area is 145 Å². The summed E-state index contributed by atoms with van der Waals surface area (Å²) in [6, 6.07) is 8.96. The van der Waals surface area contributed by atoms with E-state index in [1.165, 1.54) is 27.6 Å². The van der Waals surface area contributed by atoms with Crippen LogP contribution < -0.4 is 9.80 Å². The van der Waals surface area contributed by atoms with E-state index in [1.807, 2.05) is 18.0 Å². The van der Waals surface area contributed by atoms with Crippen LogP contribution in [0.5, 0.6) is 0 Å². The van der Waals surface area contributed by atoms with Crippen molar-refractivity contribution in [1.29, 1.82) is 0 Å². The summed E-state index contributed by atoms with van der Waals surface area (Å²) in [4.78, 5) is 10.6. The summed E-state index contributed by atoms with van der Waals surface area (Å²) in [5.74, 6) is 2.47. The minimum absolute atomic E-state index is 0.803. The molecular formula is C17H21N3OS2. The SMILES string of the molecule is c1cc(N2CCSCC2)ccc1-c1cnc(N2CCOCC2)s1. The highest BCUT2D eigenvalue weighted by Crippen LogP contribution is 2.32. The van der Waals surface area contributed by atoms with Crippen LogP contribution in [0.1, 0.15) is 0 Å². The third-order valence-electron chi connectivity index (χ3n) is 4.30. The third-order valence-corrected chi connectivity index (χ3v) is 6.35. The van der Waals surface area contributed by atoms with E-state index in [9.17, 15) is 0 Å². The molecule has 2 aliphatic rings. The molecule has 0 saturated carbocycles. The molecular weight excluding hydrogens is 326 g/mol. The van der Waals surface area contributed by atoms with Crippen LogP contribution in [0.15, 0.2) is 30.5 Å². The summed E-state index contributed by atoms with van der Waals surface area (Å²) in [6.07, 6.45) is 2.00. The Balaban J connectivity index is 1.48. The zero-order chi connectivity index (χ0) is 15.5. The average Bonchev–Trinajstić information content (AvgIpc) is 3.14. The first kappa shape index (κ1) is 15.3. The molecule has 4 nitrogen and oxygen atoms in total. The molecule has 1 aromatic heterocycles. The number of thioether (sulfide) groups is 1. The van der Waals surface area contributed by atoms with E-state index in [1.54, 1.807) is 11.3 Å². The lowest BCUT2D eigenvalue weighted by molar-refractivity contribution is 0.122. The molecule has 23 heavy (non-hydrogen) atoms. The minimum atomic E-state index is 0.803. The second-order valence-corrected chi connectivity index (χ2v) is 7.99. The monoisotopic (exact) mass is 347 g/mol. The Bertz CT molecular complexity index is 632. The zero-order valence-electron chi connectivity index (χ0n) is 13.1. The Morgan fingerprint density at radius 3 is 2.39 bits per heavy atom. The Morgan fingerprint density at radius 2 is 1.65 bits per heavy atom. The average molecular weight is 348 g/mol. The van der Waals surface area contributed by atoms with Gasteiger partial charge in [0.25, 0.3) is 0 Å². The van der Waals surface area contributed by atoms with Crippen molar-refractivity contribution in [2.45, 2.75) is 0 Å². The summed E-state index contributed by atoms with van der Waals surface area (Å²) >= 11 is 3.82. The van der Waals surface area contributed by atoms with Crippen LogP contribution in [0, 0.1) is 0 Å². The van der Waals surface area contributed by atoms with Crippen molar-refractivity contribution < 1.29 is 4.74 Å². The van der Waals surface area contributed by atoms with Gasteiger partial charge in [-0.2, -0.15) is 11.8 Å². The van der Waals surface area contributed by atoms with Crippen LogP contribution in [0.4, 0.5) is 10.8 Å². The molecule has 0 atom stereocenters. The molecule has 0 spiro atoms. The highest BCUT2D eigenvalue weighted by Gasteiger charge is 2.16. The molecule has 2 aliphatic heterocycles. The van der Waals surface area contributed by atoms with Gasteiger partial charge < -0.3 is 14.5 Å². The molecule has 122 valence electrons. The molecule has 2 aromatic rings. The van der Waals surface area contributed by atoms with Crippen LogP contribution in [-0.4, -0.2) is 55.9 Å². The second-order valence-electron chi connectivity index (χ2n) is 5.75. The van der Waals surface area contributed by atoms with Gasteiger partial charge in [-0.05, 0) is 17.7 Å². The van der Waals surface area contributed by atoms with Crippen molar-refractivity contribution in [3.05, 3.63) is 30.5 Å². The summed E-state index contributed by atoms with van der Waals surface area (Å²) < 4.78 is 5.41. The number of aromatic nitrogens is 1. The normalized spacial score (nSPS) is 19.1. The fourth-order valence-corrected chi connectivity index (χ4v) is 4.83. The van der Waals surface area contributed by atoms with Crippen molar-refractivity contribution in [3.8, 4) is 10.4 Å². The summed E-state index contributed by atoms with van der Waals surface area (Å²) in [7, 11) is 0. The van der Waals surface area contributed by atoms with Gasteiger partial charge in [0.05, 0.1) is 18.1 Å². The predicted octanol–water partition coefficient (Wildman–Crippen LogP) is 3.20. The lowest BCUT2D eigenvalue weighted by Crippen LogP contribution is -2.36. The first-order valence-corrected chi connectivity index (χ1v) is 10.1. The molecule has 6 heteroatoms. The standard InChI is InChI=1S/C17H21N3OS2/c1-3-15(19-7-11-22-12-8-19)4-2-14(1)16-13-18-17(23-16)20-5-9-21-10-6-20/h1-4,13H,5-12H2. The van der Waals surface area contributed by atoms with Crippen molar-refractivity contribution in [3.63, 3.8) is 0 Å². The Hall–Kier alpha value is -1.24. The second kappa shape index (κ2) is 7.11. The molecule has 0 N–H and O–H groups in total. The smallest absolute Gasteiger partial charge is 0.186 e. The van der Waals surface area contributed by atoms with Crippen LogP contribution in [0.3, 0.4) is 0 Å². The molecule has 3 heterocycles. The molecule has 1 aromatic carbocycles. The summed E-state index contributed by atoms with van der Waals surface area (Å²) in [5, 5.41) is 1.11. The molecule has 0 bridgehead atoms. The van der Waals surface area contributed by atoms with Gasteiger partial charge in [-0.15, -0.1) is 0 Å². The number of thiazole rings is 1. The maximum absolute atomic E-state index is 5.41. The van der Waals surface area contributed by atoms with Crippen molar-refractivity contribution in [1.82, 2.24) is 4.98 Å². The topological polar surface area (TPSA) is 28.6 Å². The predicted molar refractivity (Wildman–Crippen MR) is 100 cm³/mol. The Kier molecular flexibility index (Phi) is 4.73. The fourth-order valence-electron chi connectivity index (χ4n) is 2.96. The van der Waals surface area contributed by atoms with Crippen molar-refractivity contribution in [2.24, 2.45) is 0 Å². The van der Waals surface area contributed by atoms with Gasteiger partial charge in [-0.25, -0.2) is 4.98 Å². The van der Waals surface area contributed by atoms with Crippen molar-refractivity contribution >= 4 is 33.9 Å². The van der Waals surface area contributed by atoms with Gasteiger partial charge in [-0.3, -0.25) is 0 Å². The van der Waals surface area contributed by atoms with E-state index in [0.717, 1.165) is 44.5 Å². The number of hydrogen-bond acceptors (Lipinski definition) is 6. The number of hydrogen-bond donors (Lipinski definition) is 0. The molecule has 2 saturated heterocycles. The minimum Gasteiger partial charge on any atom is -0.378 e. The lowest BCUT2D eigenvalue weighted by Gasteiger charge is -2.28. The molecule has 0 aliphatic carbocycles. The lowest BCUT2D eigenvalue weighted by atomic mass is 10.2. The highest BCUT2D eigenvalue weighted by molar-refractivity contribution is 7.99. The number of anilines is 2. The number of ether oxygens (including phenoxy) is 1. The van der Waals surface area contributed by atoms with Crippen LogP contribution in [-0.2, 0) is 4.74 Å². The largest absolute Gasteiger partial charge is 0.378 e. The van der Waals surface area contributed by atoms with E-state index in [4.69, 9.17) is 4.74 Å². The zero-order valence-corrected chi connectivity index (χ0v) is 14.7. The van der Waals surface area contributed by atoms with Crippen LogP contribution in [0.2, 0.25) is 0 Å². The van der Waals surface area contributed by atoms with E-state index in [0.29, 0.717) is 0 Å². The number of rotatable bonds is 3. The highest BCUT2D eigenvalue weighted by atomic mass is 32.2. The van der Waals surface area contributed by atoms with Crippen LogP contribution in [0.25, 0.3) is 10.4 Å². The molecule has 2 fully saturated rings. The number of nitrogens with zero attached hydrogens (tertiary/aromatic N) is 3. The van der Waals surface area contributed by atoms with Gasteiger partial charge in [0, 0.05) is 49.6 Å². The van der Waals surface area contributed by atoms with Gasteiger partial charge >= 0.3 is 0 Å². The molecule has 0 radical (unpaired) electrons. The maximum Gasteiger partial charge on any atom is 0.186 e. The quantitative estimate of drug-likeness (QED) is 0.850. The van der Waals surface area contributed by atoms with Gasteiger partial charge in [0.2, 0.25) is 0 Å². The van der Waals surface area contributed by atoms with E-state index in [2.05, 4.69) is 39.0 Å². The number of benzene rings is 1. The van der Waals surface area contributed by atoms with E-state index >= 15 is 0 Å². The van der Waals surface area contributed by atoms with E-state index < -0.39 is 0 Å². The summed E-state index contributed by atoms with van der Waals surface area (Å²) in [6.45, 7) is 5.81. The van der Waals surface area contributed by atoms with Crippen LogP contribution >= 0.6 is 23.1 Å². The van der Waals surface area contributed by atoms with Crippen molar-refractivity contribution in [2.75, 3.05) is 60.7 Å². The van der Waals surface area contributed by atoms with Gasteiger partial charge in [0.1, 0.15) is 0 Å². The van der Waals surface area contributed by atoms with E-state index in [-0.39, 0.29) is 0 Å². The molecule has 0 amide bonds. The molecule has 0 unspecified atom stereocenters. The number of morpholine rings is 1. The first-order valence-electron chi connectivity index (χ1n) is 8.12. The third kappa shape index (κ3) is 3.49. The summed E-state index contributed by atoms with van der Waals surface area (Å²) in [5.41, 5.74) is 2.60. The Morgan fingerprint density at radius 1 is 0.913 bits per heavy atom. The molecule has 4 rings (SSSR count).